The van der Waals surface area contributed by atoms with Crippen molar-refractivity contribution in [2.24, 2.45) is 7.05 Å². The zero-order valence-electron chi connectivity index (χ0n) is 16.0. The highest BCUT2D eigenvalue weighted by Gasteiger charge is 2.26. The Bertz CT molecular complexity index is 1070. The summed E-state index contributed by atoms with van der Waals surface area (Å²) in [6.07, 6.45) is 3.16. The van der Waals surface area contributed by atoms with E-state index >= 15 is 0 Å². The number of ether oxygens (including phenoxy) is 1. The number of aromatic nitrogens is 4. The third kappa shape index (κ3) is 4.11. The fourth-order valence-corrected chi connectivity index (χ4v) is 3.40. The number of aromatic hydroxyl groups is 1. The van der Waals surface area contributed by atoms with Crippen LogP contribution in [-0.2, 0) is 7.05 Å². The molecule has 4 rings (SSSR count). The second-order valence-electron chi connectivity index (χ2n) is 7.15. The van der Waals surface area contributed by atoms with E-state index in [1.54, 1.807) is 43.6 Å². The molecular formula is C21H21FN4O3. The lowest BCUT2D eigenvalue weighted by Gasteiger charge is -2.25. The topological polar surface area (TPSA) is 90.1 Å². The molecule has 1 fully saturated rings. The second-order valence-corrected chi connectivity index (χ2v) is 7.15. The summed E-state index contributed by atoms with van der Waals surface area (Å²) in [6, 6.07) is 9.96. The van der Waals surface area contributed by atoms with Crippen LogP contribution in [0, 0.1) is 0 Å². The van der Waals surface area contributed by atoms with E-state index in [-0.39, 0.29) is 17.3 Å². The van der Waals surface area contributed by atoms with Crippen LogP contribution < -0.4 is 10.4 Å². The Kier molecular flexibility index (Phi) is 5.24. The maximum absolute atomic E-state index is 13.9. The molecule has 1 aliphatic carbocycles. The molecule has 7 nitrogen and oxygen atoms in total. The van der Waals surface area contributed by atoms with E-state index in [9.17, 15) is 14.3 Å². The monoisotopic (exact) mass is 396 g/mol. The van der Waals surface area contributed by atoms with Gasteiger partial charge in [-0.2, -0.15) is 4.98 Å². The van der Waals surface area contributed by atoms with Gasteiger partial charge in [-0.15, -0.1) is 10.2 Å². The van der Waals surface area contributed by atoms with Crippen LogP contribution in [0.15, 0.2) is 47.4 Å². The summed E-state index contributed by atoms with van der Waals surface area (Å²) < 4.78 is 20.9. The summed E-state index contributed by atoms with van der Waals surface area (Å²) in [7, 11) is 1.62. The lowest BCUT2D eigenvalue weighted by molar-refractivity contribution is 0.0594. The minimum atomic E-state index is -0.981. The van der Waals surface area contributed by atoms with Crippen molar-refractivity contribution in [2.45, 2.75) is 38.0 Å². The summed E-state index contributed by atoms with van der Waals surface area (Å²) in [4.78, 5) is 15.7. The number of rotatable bonds is 4. The van der Waals surface area contributed by atoms with Crippen LogP contribution in [0.2, 0.25) is 0 Å². The van der Waals surface area contributed by atoms with Gasteiger partial charge in [0.2, 0.25) is 5.88 Å². The van der Waals surface area contributed by atoms with Gasteiger partial charge in [0.15, 0.2) is 0 Å². The van der Waals surface area contributed by atoms with Gasteiger partial charge in [0.05, 0.1) is 11.4 Å². The molecule has 2 heterocycles. The molecule has 2 aromatic heterocycles. The first-order valence-corrected chi connectivity index (χ1v) is 9.53. The van der Waals surface area contributed by atoms with Gasteiger partial charge in [0.25, 0.3) is 0 Å². The quantitative estimate of drug-likeness (QED) is 0.728. The average molecular weight is 396 g/mol. The van der Waals surface area contributed by atoms with Crippen molar-refractivity contribution in [1.82, 2.24) is 19.7 Å². The molecule has 150 valence electrons. The van der Waals surface area contributed by atoms with Crippen LogP contribution >= 0.6 is 0 Å². The highest BCUT2D eigenvalue weighted by molar-refractivity contribution is 5.72. The average Bonchev–Trinajstić information content (AvgIpc) is 2.72. The molecule has 0 radical (unpaired) electrons. The zero-order valence-corrected chi connectivity index (χ0v) is 16.0. The largest absolute Gasteiger partial charge is 0.507 e. The third-order valence-corrected chi connectivity index (χ3v) is 5.08. The standard InChI is InChI=1S/C21H21FN4O3/c1-26-11-10-16(23-21(26)28)13-6-7-14(18(27)12-13)17-8-9-20(25-24-17)29-19-5-3-2-4-15(19)22/h6-12,15,19,27H,2-5H2,1H3/t15-,19+/m1/s1. The minimum Gasteiger partial charge on any atom is -0.507 e. The van der Waals surface area contributed by atoms with Crippen molar-refractivity contribution in [1.29, 1.82) is 0 Å². The molecule has 1 aliphatic rings. The van der Waals surface area contributed by atoms with Crippen LogP contribution in [-0.4, -0.2) is 37.1 Å². The van der Waals surface area contributed by atoms with Gasteiger partial charge < -0.3 is 14.4 Å². The molecule has 0 bridgehead atoms. The lowest BCUT2D eigenvalue weighted by Crippen LogP contribution is -2.32. The molecule has 0 spiro atoms. The number of aryl methyl sites for hydroxylation is 1. The second kappa shape index (κ2) is 7.98. The van der Waals surface area contributed by atoms with E-state index in [0.29, 0.717) is 35.4 Å². The van der Waals surface area contributed by atoms with Gasteiger partial charge in [-0.25, -0.2) is 9.18 Å². The number of nitrogens with zero attached hydrogens (tertiary/aromatic N) is 4. The Morgan fingerprint density at radius 1 is 1.10 bits per heavy atom. The highest BCUT2D eigenvalue weighted by atomic mass is 19.1. The fraction of sp³-hybridized carbons (Fsp3) is 0.333. The van der Waals surface area contributed by atoms with Crippen molar-refractivity contribution in [2.75, 3.05) is 0 Å². The minimum absolute atomic E-state index is 0.0101. The molecule has 2 atom stereocenters. The van der Waals surface area contributed by atoms with E-state index in [1.807, 2.05) is 0 Å². The van der Waals surface area contributed by atoms with Crippen molar-refractivity contribution >= 4 is 0 Å². The SMILES string of the molecule is Cn1ccc(-c2ccc(-c3ccc(O[C@H]4CCCC[C@H]4F)nn3)c(O)c2)nc1=O. The van der Waals surface area contributed by atoms with Crippen LogP contribution in [0.1, 0.15) is 25.7 Å². The Labute approximate surface area is 166 Å². The number of benzene rings is 1. The van der Waals surface area contributed by atoms with Crippen molar-refractivity contribution in [3.05, 3.63) is 53.1 Å². The highest BCUT2D eigenvalue weighted by Crippen LogP contribution is 2.32. The molecule has 1 saturated carbocycles. The van der Waals surface area contributed by atoms with E-state index in [2.05, 4.69) is 15.2 Å². The van der Waals surface area contributed by atoms with E-state index in [1.165, 1.54) is 10.6 Å². The predicted octanol–water partition coefficient (Wildman–Crippen LogP) is 3.27. The van der Waals surface area contributed by atoms with Crippen LogP contribution in [0.3, 0.4) is 0 Å². The Hall–Kier alpha value is -3.29. The van der Waals surface area contributed by atoms with E-state index in [0.717, 1.165) is 12.8 Å². The van der Waals surface area contributed by atoms with Crippen LogP contribution in [0.5, 0.6) is 11.6 Å². The molecule has 1 aromatic carbocycles. The Morgan fingerprint density at radius 3 is 2.62 bits per heavy atom. The summed E-state index contributed by atoms with van der Waals surface area (Å²) in [5, 5.41) is 18.6. The van der Waals surface area contributed by atoms with Crippen molar-refractivity contribution in [3.8, 4) is 34.1 Å². The van der Waals surface area contributed by atoms with Gasteiger partial charge in [0, 0.05) is 30.4 Å². The first kappa shape index (κ1) is 19.0. The number of alkyl halides is 1. The van der Waals surface area contributed by atoms with Gasteiger partial charge >= 0.3 is 5.69 Å². The number of phenolic OH excluding ortho intramolecular Hbond substituents is 1. The molecule has 29 heavy (non-hydrogen) atoms. The van der Waals surface area contributed by atoms with Gasteiger partial charge in [0.1, 0.15) is 18.0 Å². The zero-order chi connectivity index (χ0) is 20.4. The first-order valence-electron chi connectivity index (χ1n) is 9.53. The molecule has 0 aliphatic heterocycles. The molecule has 8 heteroatoms. The predicted molar refractivity (Wildman–Crippen MR) is 105 cm³/mol. The van der Waals surface area contributed by atoms with Crippen LogP contribution in [0.4, 0.5) is 4.39 Å². The Balaban J connectivity index is 1.53. The summed E-state index contributed by atoms with van der Waals surface area (Å²) in [6.45, 7) is 0. The lowest BCUT2D eigenvalue weighted by atomic mass is 9.96. The molecule has 0 saturated heterocycles. The summed E-state index contributed by atoms with van der Waals surface area (Å²) >= 11 is 0. The summed E-state index contributed by atoms with van der Waals surface area (Å²) in [5.41, 5.74) is 1.65. The van der Waals surface area contributed by atoms with Gasteiger partial charge in [-0.3, -0.25) is 0 Å². The smallest absolute Gasteiger partial charge is 0.347 e. The summed E-state index contributed by atoms with van der Waals surface area (Å²) in [5.74, 6) is 0.257. The third-order valence-electron chi connectivity index (χ3n) is 5.08. The normalized spacial score (nSPS) is 19.1. The van der Waals surface area contributed by atoms with Crippen molar-refractivity contribution < 1.29 is 14.2 Å². The van der Waals surface area contributed by atoms with E-state index in [4.69, 9.17) is 4.74 Å². The maximum Gasteiger partial charge on any atom is 0.347 e. The van der Waals surface area contributed by atoms with Gasteiger partial charge in [-0.1, -0.05) is 12.5 Å². The van der Waals surface area contributed by atoms with Gasteiger partial charge in [-0.05, 0) is 43.5 Å². The van der Waals surface area contributed by atoms with E-state index < -0.39 is 12.3 Å². The molecule has 0 unspecified atom stereocenters. The molecular weight excluding hydrogens is 375 g/mol. The molecule has 3 aromatic rings. The number of halogens is 1. The van der Waals surface area contributed by atoms with Crippen molar-refractivity contribution in [3.63, 3.8) is 0 Å². The van der Waals surface area contributed by atoms with Crippen LogP contribution in [0.25, 0.3) is 22.5 Å². The maximum atomic E-state index is 13.9. The Morgan fingerprint density at radius 2 is 1.93 bits per heavy atom. The number of phenols is 1. The fourth-order valence-electron chi connectivity index (χ4n) is 3.40. The first-order chi connectivity index (χ1) is 14.0. The molecule has 0 amide bonds. The number of hydrogen-bond donors (Lipinski definition) is 1. The molecule has 1 N–H and O–H groups in total. The number of hydrogen-bond acceptors (Lipinski definition) is 6.